The van der Waals surface area contributed by atoms with Gasteiger partial charge < -0.3 is 14.7 Å². The van der Waals surface area contributed by atoms with Gasteiger partial charge in [0.05, 0.1) is 6.61 Å². The highest BCUT2D eigenvalue weighted by Gasteiger charge is 2.25. The van der Waals surface area contributed by atoms with Gasteiger partial charge in [-0.05, 0) is 18.6 Å². The van der Waals surface area contributed by atoms with Gasteiger partial charge in [-0.2, -0.15) is 0 Å². The quantitative estimate of drug-likeness (QED) is 0.860. The zero-order valence-corrected chi connectivity index (χ0v) is 11.2. The summed E-state index contributed by atoms with van der Waals surface area (Å²) in [6.45, 7) is 0.722. The molecule has 0 aliphatic rings. The summed E-state index contributed by atoms with van der Waals surface area (Å²) < 4.78 is 32.3. The predicted octanol–water partition coefficient (Wildman–Crippen LogP) is 1.45. The maximum Gasteiger partial charge on any atom is 0.323 e. The van der Waals surface area contributed by atoms with E-state index in [-0.39, 0.29) is 18.7 Å². The number of carboxylic acids is 1. The first-order valence-corrected chi connectivity index (χ1v) is 5.83. The van der Waals surface area contributed by atoms with Crippen LogP contribution in [0, 0.1) is 18.6 Å². The van der Waals surface area contributed by atoms with Crippen LogP contribution in [-0.2, 0) is 9.53 Å². The maximum absolute atomic E-state index is 13.9. The normalized spacial score (nSPS) is 10.4. The molecule has 1 N–H and O–H groups in total. The average molecular weight is 287 g/mol. The fraction of sp³-hybridized carbons (Fsp3) is 0.385. The van der Waals surface area contributed by atoms with E-state index in [4.69, 9.17) is 9.84 Å². The lowest BCUT2D eigenvalue weighted by molar-refractivity contribution is -0.137. The number of amides is 1. The lowest BCUT2D eigenvalue weighted by atomic mass is 10.1. The molecule has 0 aliphatic carbocycles. The van der Waals surface area contributed by atoms with Gasteiger partial charge >= 0.3 is 5.97 Å². The molecule has 1 aromatic carbocycles. The Kier molecular flexibility index (Phi) is 5.57. The Balaban J connectivity index is 3.11. The lowest BCUT2D eigenvalue weighted by Crippen LogP contribution is -2.39. The second-order valence-corrected chi connectivity index (χ2v) is 4.17. The molecule has 0 bridgehead atoms. The van der Waals surface area contributed by atoms with Gasteiger partial charge in [-0.1, -0.05) is 6.07 Å². The van der Waals surface area contributed by atoms with E-state index in [1.165, 1.54) is 20.1 Å². The molecule has 1 aromatic rings. The van der Waals surface area contributed by atoms with Crippen molar-refractivity contribution in [3.05, 3.63) is 34.9 Å². The summed E-state index contributed by atoms with van der Waals surface area (Å²) in [4.78, 5) is 23.7. The van der Waals surface area contributed by atoms with E-state index in [1.54, 1.807) is 0 Å². The molecule has 0 fully saturated rings. The molecular weight excluding hydrogens is 272 g/mol. The van der Waals surface area contributed by atoms with Gasteiger partial charge in [-0.15, -0.1) is 0 Å². The molecule has 5 nitrogen and oxygen atoms in total. The van der Waals surface area contributed by atoms with Crippen LogP contribution in [0.25, 0.3) is 0 Å². The van der Waals surface area contributed by atoms with Crippen LogP contribution in [0.5, 0.6) is 0 Å². The van der Waals surface area contributed by atoms with E-state index < -0.39 is 35.6 Å². The average Bonchev–Trinajstić information content (AvgIpc) is 2.38. The van der Waals surface area contributed by atoms with Crippen LogP contribution < -0.4 is 0 Å². The second kappa shape index (κ2) is 6.95. The molecule has 1 amide bonds. The van der Waals surface area contributed by atoms with Crippen molar-refractivity contribution in [3.8, 4) is 0 Å². The van der Waals surface area contributed by atoms with E-state index in [2.05, 4.69) is 0 Å². The number of benzene rings is 1. The van der Waals surface area contributed by atoms with Crippen LogP contribution in [0.15, 0.2) is 12.1 Å². The van der Waals surface area contributed by atoms with Crippen molar-refractivity contribution >= 4 is 11.9 Å². The van der Waals surface area contributed by atoms with Crippen molar-refractivity contribution in [2.75, 3.05) is 26.8 Å². The van der Waals surface area contributed by atoms with Crippen LogP contribution in [0.4, 0.5) is 8.78 Å². The lowest BCUT2D eigenvalue weighted by Gasteiger charge is -2.21. The minimum absolute atomic E-state index is 0.0636. The number of aliphatic carboxylic acids is 1. The Labute approximate surface area is 114 Å². The topological polar surface area (TPSA) is 66.8 Å². The van der Waals surface area contributed by atoms with Crippen molar-refractivity contribution in [1.29, 1.82) is 0 Å². The Hall–Kier alpha value is -2.02. The zero-order valence-electron chi connectivity index (χ0n) is 11.2. The summed E-state index contributed by atoms with van der Waals surface area (Å²) in [5, 5.41) is 8.75. The molecule has 0 spiro atoms. The first kappa shape index (κ1) is 16.0. The molecule has 0 aromatic heterocycles. The van der Waals surface area contributed by atoms with E-state index in [0.717, 1.165) is 11.0 Å². The van der Waals surface area contributed by atoms with Gasteiger partial charge in [0.25, 0.3) is 5.91 Å². The van der Waals surface area contributed by atoms with Crippen molar-refractivity contribution < 1.29 is 28.2 Å². The van der Waals surface area contributed by atoms with E-state index in [0.29, 0.717) is 0 Å². The fourth-order valence-electron chi connectivity index (χ4n) is 1.63. The highest BCUT2D eigenvalue weighted by atomic mass is 19.1. The van der Waals surface area contributed by atoms with E-state index >= 15 is 0 Å². The molecule has 0 saturated heterocycles. The summed E-state index contributed by atoms with van der Waals surface area (Å²) in [5.41, 5.74) is -0.640. The number of carbonyl (C=O) groups is 2. The van der Waals surface area contributed by atoms with Crippen LogP contribution in [-0.4, -0.2) is 48.7 Å². The van der Waals surface area contributed by atoms with Crippen LogP contribution in [0.1, 0.15) is 15.9 Å². The van der Waals surface area contributed by atoms with Crippen LogP contribution in [0.2, 0.25) is 0 Å². The summed E-state index contributed by atoms with van der Waals surface area (Å²) in [7, 11) is 1.37. The zero-order chi connectivity index (χ0) is 15.3. The number of ether oxygens (including phenoxy) is 1. The van der Waals surface area contributed by atoms with Gasteiger partial charge in [0.1, 0.15) is 23.7 Å². The first-order valence-electron chi connectivity index (χ1n) is 5.83. The van der Waals surface area contributed by atoms with Gasteiger partial charge in [0, 0.05) is 13.7 Å². The number of hydrogen-bond acceptors (Lipinski definition) is 3. The van der Waals surface area contributed by atoms with Crippen LogP contribution in [0.3, 0.4) is 0 Å². The third-order valence-electron chi connectivity index (χ3n) is 2.68. The second-order valence-electron chi connectivity index (χ2n) is 4.17. The van der Waals surface area contributed by atoms with Crippen LogP contribution >= 0.6 is 0 Å². The summed E-state index contributed by atoms with van der Waals surface area (Å²) >= 11 is 0. The van der Waals surface area contributed by atoms with Crippen molar-refractivity contribution in [3.63, 3.8) is 0 Å². The number of carbonyl (C=O) groups excluding carboxylic acids is 1. The number of methoxy groups -OCH3 is 1. The molecule has 0 atom stereocenters. The fourth-order valence-corrected chi connectivity index (χ4v) is 1.63. The third-order valence-corrected chi connectivity index (χ3v) is 2.68. The number of halogens is 2. The van der Waals surface area contributed by atoms with Gasteiger partial charge in [-0.25, -0.2) is 8.78 Å². The minimum atomic E-state index is -1.28. The third kappa shape index (κ3) is 3.74. The van der Waals surface area contributed by atoms with Gasteiger partial charge in [0.15, 0.2) is 0 Å². The summed E-state index contributed by atoms with van der Waals surface area (Å²) in [5.74, 6) is -4.29. The molecule has 0 radical (unpaired) electrons. The molecular formula is C13H15F2NO4. The van der Waals surface area contributed by atoms with Crippen molar-refractivity contribution in [2.24, 2.45) is 0 Å². The Morgan fingerprint density at radius 2 is 2.00 bits per heavy atom. The molecule has 0 heterocycles. The number of aryl methyl sites for hydroxylation is 1. The minimum Gasteiger partial charge on any atom is -0.480 e. The number of rotatable bonds is 6. The SMILES string of the molecule is COCCN(CC(=O)O)C(=O)c1c(F)ccc(C)c1F. The molecule has 0 saturated carbocycles. The monoisotopic (exact) mass is 287 g/mol. The summed E-state index contributed by atoms with van der Waals surface area (Å²) in [6.07, 6.45) is 0. The van der Waals surface area contributed by atoms with E-state index in [1.807, 2.05) is 0 Å². The molecule has 110 valence electrons. The molecule has 7 heteroatoms. The number of hydrogen-bond donors (Lipinski definition) is 1. The smallest absolute Gasteiger partial charge is 0.323 e. The predicted molar refractivity (Wildman–Crippen MR) is 66.5 cm³/mol. The van der Waals surface area contributed by atoms with Gasteiger partial charge in [0.2, 0.25) is 0 Å². The molecule has 0 aliphatic heterocycles. The molecule has 20 heavy (non-hydrogen) atoms. The summed E-state index contributed by atoms with van der Waals surface area (Å²) in [6, 6.07) is 2.18. The Morgan fingerprint density at radius 3 is 2.55 bits per heavy atom. The number of nitrogens with zero attached hydrogens (tertiary/aromatic N) is 1. The van der Waals surface area contributed by atoms with E-state index in [9.17, 15) is 18.4 Å². The van der Waals surface area contributed by atoms with Crippen molar-refractivity contribution in [2.45, 2.75) is 6.92 Å². The maximum atomic E-state index is 13.9. The number of carboxylic acid groups (broad SMARTS) is 1. The molecule has 1 rings (SSSR count). The standard InChI is InChI=1S/C13H15F2NO4/c1-8-3-4-9(14)11(12(8)15)13(19)16(5-6-20-2)7-10(17)18/h3-4H,5-7H2,1-2H3,(H,17,18). The first-order chi connectivity index (χ1) is 9.38. The Morgan fingerprint density at radius 1 is 1.35 bits per heavy atom. The van der Waals surface area contributed by atoms with Crippen molar-refractivity contribution in [1.82, 2.24) is 4.90 Å². The van der Waals surface area contributed by atoms with Gasteiger partial charge in [-0.3, -0.25) is 9.59 Å². The highest BCUT2D eigenvalue weighted by molar-refractivity contribution is 5.96. The Bertz CT molecular complexity index is 519. The largest absolute Gasteiger partial charge is 0.480 e. The molecule has 0 unspecified atom stereocenters. The highest BCUT2D eigenvalue weighted by Crippen LogP contribution is 2.18.